The van der Waals surface area contributed by atoms with Crippen LogP contribution in [0.2, 0.25) is 0 Å². The van der Waals surface area contributed by atoms with Crippen LogP contribution >= 0.6 is 0 Å². The van der Waals surface area contributed by atoms with E-state index < -0.39 is 17.3 Å². The molecule has 0 radical (unpaired) electrons. The van der Waals surface area contributed by atoms with Crippen LogP contribution in [-0.4, -0.2) is 35.8 Å². The van der Waals surface area contributed by atoms with Crippen LogP contribution in [0.5, 0.6) is 0 Å². The van der Waals surface area contributed by atoms with E-state index in [1.54, 1.807) is 13.1 Å². The molecular weight excluding hydrogens is 385 g/mol. The van der Waals surface area contributed by atoms with E-state index in [0.29, 0.717) is 17.9 Å². The first-order valence-corrected chi connectivity index (χ1v) is 9.26. The molecule has 29 heavy (non-hydrogen) atoms. The highest BCUT2D eigenvalue weighted by Crippen LogP contribution is 2.36. The summed E-state index contributed by atoms with van der Waals surface area (Å²) in [4.78, 5) is 12.3. The standard InChI is InChI=1S/C18H21F3N8/c1-4-22-14-12(18(19,20)21)9-24-16(26-14)25-13-10-29(27-11(13)2)17(3)5-7-28-8-6-23-15(17)28/h6,8-10H,4-5,7H2,1-3H3,(H2,22,24,25,26). The summed E-state index contributed by atoms with van der Waals surface area (Å²) in [6, 6.07) is 0. The molecule has 11 heteroatoms. The predicted molar refractivity (Wildman–Crippen MR) is 101 cm³/mol. The molecule has 0 saturated heterocycles. The Bertz CT molecular complexity index is 1040. The second kappa shape index (κ2) is 6.75. The zero-order valence-electron chi connectivity index (χ0n) is 16.2. The van der Waals surface area contributed by atoms with Crippen LogP contribution in [0.3, 0.4) is 0 Å². The van der Waals surface area contributed by atoms with Crippen LogP contribution in [0, 0.1) is 6.92 Å². The van der Waals surface area contributed by atoms with Gasteiger partial charge in [0.25, 0.3) is 0 Å². The normalized spacial score (nSPS) is 18.7. The largest absolute Gasteiger partial charge is 0.421 e. The van der Waals surface area contributed by atoms with Gasteiger partial charge in [-0.15, -0.1) is 0 Å². The van der Waals surface area contributed by atoms with Crippen molar-refractivity contribution >= 4 is 17.5 Å². The lowest BCUT2D eigenvalue weighted by molar-refractivity contribution is -0.137. The summed E-state index contributed by atoms with van der Waals surface area (Å²) in [5.74, 6) is 0.730. The van der Waals surface area contributed by atoms with Gasteiger partial charge >= 0.3 is 6.18 Å². The Morgan fingerprint density at radius 3 is 2.79 bits per heavy atom. The fourth-order valence-corrected chi connectivity index (χ4v) is 3.53. The molecular formula is C18H21F3N8. The monoisotopic (exact) mass is 406 g/mol. The third-order valence-corrected chi connectivity index (χ3v) is 5.13. The number of alkyl halides is 3. The van der Waals surface area contributed by atoms with E-state index >= 15 is 0 Å². The first-order valence-electron chi connectivity index (χ1n) is 9.26. The number of nitrogens with zero attached hydrogens (tertiary/aromatic N) is 6. The van der Waals surface area contributed by atoms with Crippen molar-refractivity contribution in [2.24, 2.45) is 0 Å². The summed E-state index contributed by atoms with van der Waals surface area (Å²) in [7, 11) is 0. The minimum absolute atomic E-state index is 0.0645. The first-order chi connectivity index (χ1) is 13.7. The maximum absolute atomic E-state index is 13.1. The predicted octanol–water partition coefficient (Wildman–Crippen LogP) is 3.54. The highest BCUT2D eigenvalue weighted by atomic mass is 19.4. The van der Waals surface area contributed by atoms with Crippen LogP contribution in [0.25, 0.3) is 0 Å². The van der Waals surface area contributed by atoms with E-state index in [4.69, 9.17) is 0 Å². The minimum atomic E-state index is -4.53. The molecule has 1 aliphatic rings. The Balaban J connectivity index is 1.64. The van der Waals surface area contributed by atoms with Gasteiger partial charge in [0.1, 0.15) is 22.7 Å². The molecule has 0 saturated carbocycles. The molecule has 0 aromatic carbocycles. The number of anilines is 3. The summed E-state index contributed by atoms with van der Waals surface area (Å²) >= 11 is 0. The summed E-state index contributed by atoms with van der Waals surface area (Å²) in [5.41, 5.74) is 0.00944. The van der Waals surface area contributed by atoms with Gasteiger partial charge in [-0.3, -0.25) is 4.68 Å². The molecule has 0 spiro atoms. The van der Waals surface area contributed by atoms with E-state index in [1.165, 1.54) is 0 Å². The first kappa shape index (κ1) is 19.2. The molecule has 4 heterocycles. The lowest BCUT2D eigenvalue weighted by atomic mass is 10.0. The molecule has 0 amide bonds. The summed E-state index contributed by atoms with van der Waals surface area (Å²) < 4.78 is 43.4. The van der Waals surface area contributed by atoms with Crippen molar-refractivity contribution in [3.63, 3.8) is 0 Å². The molecule has 154 valence electrons. The van der Waals surface area contributed by atoms with Crippen LogP contribution in [0.1, 0.15) is 37.4 Å². The van der Waals surface area contributed by atoms with Gasteiger partial charge in [0.2, 0.25) is 5.95 Å². The highest BCUT2D eigenvalue weighted by molar-refractivity contribution is 5.58. The number of imidazole rings is 1. The second-order valence-corrected chi connectivity index (χ2v) is 7.15. The van der Waals surface area contributed by atoms with Crippen molar-refractivity contribution in [2.45, 2.75) is 45.5 Å². The van der Waals surface area contributed by atoms with E-state index in [0.717, 1.165) is 25.0 Å². The lowest BCUT2D eigenvalue weighted by Gasteiger charge is -2.23. The molecule has 1 aliphatic heterocycles. The number of fused-ring (bicyclic) bond motifs is 1. The van der Waals surface area contributed by atoms with E-state index in [2.05, 4.69) is 42.2 Å². The molecule has 8 nitrogen and oxygen atoms in total. The van der Waals surface area contributed by atoms with Crippen molar-refractivity contribution < 1.29 is 13.2 Å². The molecule has 1 atom stereocenters. The van der Waals surface area contributed by atoms with Gasteiger partial charge in [-0.25, -0.2) is 9.97 Å². The van der Waals surface area contributed by atoms with Crippen LogP contribution in [0.4, 0.5) is 30.6 Å². The topological polar surface area (TPSA) is 85.5 Å². The molecule has 2 N–H and O–H groups in total. The van der Waals surface area contributed by atoms with Crippen LogP contribution in [-0.2, 0) is 18.3 Å². The van der Waals surface area contributed by atoms with Crippen molar-refractivity contribution in [3.8, 4) is 0 Å². The third kappa shape index (κ3) is 3.30. The number of nitrogens with one attached hydrogen (secondary N) is 2. The van der Waals surface area contributed by atoms with Crippen LogP contribution in [0.15, 0.2) is 24.8 Å². The van der Waals surface area contributed by atoms with E-state index in [1.807, 2.05) is 24.0 Å². The Hall–Kier alpha value is -3.11. The fourth-order valence-electron chi connectivity index (χ4n) is 3.53. The lowest BCUT2D eigenvalue weighted by Crippen LogP contribution is -2.30. The number of hydrogen-bond donors (Lipinski definition) is 2. The molecule has 3 aromatic heterocycles. The Morgan fingerprint density at radius 2 is 2.07 bits per heavy atom. The van der Waals surface area contributed by atoms with Crippen molar-refractivity contribution in [3.05, 3.63) is 41.9 Å². The molecule has 1 unspecified atom stereocenters. The summed E-state index contributed by atoms with van der Waals surface area (Å²) in [5, 5.41) is 10.2. The van der Waals surface area contributed by atoms with Gasteiger partial charge in [-0.2, -0.15) is 23.3 Å². The van der Waals surface area contributed by atoms with E-state index in [-0.39, 0.29) is 11.8 Å². The maximum atomic E-state index is 13.1. The maximum Gasteiger partial charge on any atom is 0.421 e. The zero-order chi connectivity index (χ0) is 20.8. The van der Waals surface area contributed by atoms with Gasteiger partial charge < -0.3 is 15.2 Å². The van der Waals surface area contributed by atoms with Gasteiger partial charge in [0, 0.05) is 37.9 Å². The molecule has 0 fully saturated rings. The number of aromatic nitrogens is 6. The summed E-state index contributed by atoms with van der Waals surface area (Å²) in [6.45, 7) is 6.74. The Labute approximate surface area is 165 Å². The number of aryl methyl sites for hydroxylation is 2. The zero-order valence-corrected chi connectivity index (χ0v) is 16.2. The molecule has 0 bridgehead atoms. The van der Waals surface area contributed by atoms with E-state index in [9.17, 15) is 13.2 Å². The smallest absolute Gasteiger partial charge is 0.370 e. The SMILES string of the molecule is CCNc1nc(Nc2cn(C3(C)CCn4ccnc43)nc2C)ncc1C(F)(F)F. The van der Waals surface area contributed by atoms with Gasteiger partial charge in [-0.05, 0) is 27.2 Å². The van der Waals surface area contributed by atoms with Gasteiger partial charge in [0.15, 0.2) is 0 Å². The number of halogens is 3. The van der Waals surface area contributed by atoms with Crippen molar-refractivity contribution in [2.75, 3.05) is 17.2 Å². The fraction of sp³-hybridized carbons (Fsp3) is 0.444. The Morgan fingerprint density at radius 1 is 1.28 bits per heavy atom. The van der Waals surface area contributed by atoms with Crippen LogP contribution < -0.4 is 10.6 Å². The highest BCUT2D eigenvalue weighted by Gasteiger charge is 2.39. The number of rotatable bonds is 5. The minimum Gasteiger partial charge on any atom is -0.370 e. The molecule has 3 aromatic rings. The van der Waals surface area contributed by atoms with Crippen molar-refractivity contribution in [1.29, 1.82) is 0 Å². The van der Waals surface area contributed by atoms with Gasteiger partial charge in [0.05, 0.1) is 11.4 Å². The third-order valence-electron chi connectivity index (χ3n) is 5.13. The average Bonchev–Trinajstić information content (AvgIpc) is 3.33. The van der Waals surface area contributed by atoms with Crippen molar-refractivity contribution in [1.82, 2.24) is 29.3 Å². The number of hydrogen-bond acceptors (Lipinski definition) is 6. The Kier molecular flexibility index (Phi) is 4.47. The molecule has 4 rings (SSSR count). The quantitative estimate of drug-likeness (QED) is 0.674. The molecule has 0 aliphatic carbocycles. The summed E-state index contributed by atoms with van der Waals surface area (Å²) in [6.07, 6.45) is 2.61. The second-order valence-electron chi connectivity index (χ2n) is 7.15. The van der Waals surface area contributed by atoms with Gasteiger partial charge in [-0.1, -0.05) is 0 Å². The average molecular weight is 406 g/mol.